The number of rotatable bonds is 7. The first-order valence-electron chi connectivity index (χ1n) is 8.96. The van der Waals surface area contributed by atoms with E-state index in [1.54, 1.807) is 26.4 Å². The third-order valence-corrected chi connectivity index (χ3v) is 3.99. The molecule has 29 heavy (non-hydrogen) atoms. The van der Waals surface area contributed by atoms with Crippen molar-refractivity contribution in [3.05, 3.63) is 54.4 Å². The number of hydrogen-bond donors (Lipinski definition) is 3. The van der Waals surface area contributed by atoms with Crippen molar-refractivity contribution in [3.8, 4) is 11.5 Å². The fourth-order valence-corrected chi connectivity index (χ4v) is 2.72. The average Bonchev–Trinajstić information content (AvgIpc) is 2.69. The second-order valence-electron chi connectivity index (χ2n) is 6.26. The van der Waals surface area contributed by atoms with Gasteiger partial charge >= 0.3 is 0 Å². The van der Waals surface area contributed by atoms with Gasteiger partial charge in [0.05, 0.1) is 19.9 Å². The van der Waals surface area contributed by atoms with Crippen molar-refractivity contribution in [3.63, 3.8) is 0 Å². The topological polar surface area (TPSA) is 97.4 Å². The number of nitrogens with zero attached hydrogens (tertiary/aromatic N) is 2. The van der Waals surface area contributed by atoms with E-state index in [0.29, 0.717) is 29.0 Å². The van der Waals surface area contributed by atoms with E-state index in [1.165, 1.54) is 6.92 Å². The Hall–Kier alpha value is -3.81. The number of aromatic nitrogens is 2. The smallest absolute Gasteiger partial charge is 0.221 e. The number of ether oxygens (including phenoxy) is 2. The first-order chi connectivity index (χ1) is 14.0. The number of nitrogens with one attached hydrogen (secondary N) is 3. The standard InChI is InChI=1S/C21H23N5O3/c1-13-22-20(25-16-7-5-15(6-8-16)24-14(2)27)12-21(23-13)26-18-10-9-17(28-3)11-19(18)29-4/h5-12H,1-4H3,(H,24,27)(H2,22,23,25,26). The maximum absolute atomic E-state index is 11.1. The molecule has 3 N–H and O–H groups in total. The summed E-state index contributed by atoms with van der Waals surface area (Å²) in [5.41, 5.74) is 2.33. The highest BCUT2D eigenvalue weighted by Crippen LogP contribution is 2.31. The Morgan fingerprint density at radius 1 is 0.862 bits per heavy atom. The summed E-state index contributed by atoms with van der Waals surface area (Å²) in [4.78, 5) is 20.0. The zero-order valence-corrected chi connectivity index (χ0v) is 16.7. The van der Waals surface area contributed by atoms with Crippen LogP contribution in [0.3, 0.4) is 0 Å². The number of benzene rings is 2. The van der Waals surface area contributed by atoms with Crippen LogP contribution >= 0.6 is 0 Å². The van der Waals surface area contributed by atoms with E-state index in [9.17, 15) is 4.79 Å². The first kappa shape index (κ1) is 19.9. The van der Waals surface area contributed by atoms with Crippen LogP contribution in [-0.4, -0.2) is 30.1 Å². The predicted octanol–water partition coefficient (Wildman–Crippen LogP) is 4.25. The number of methoxy groups -OCH3 is 2. The van der Waals surface area contributed by atoms with Crippen LogP contribution in [-0.2, 0) is 4.79 Å². The molecule has 3 aromatic rings. The summed E-state index contributed by atoms with van der Waals surface area (Å²) in [5.74, 6) is 3.11. The summed E-state index contributed by atoms with van der Waals surface area (Å²) >= 11 is 0. The lowest BCUT2D eigenvalue weighted by molar-refractivity contribution is -0.114. The molecule has 8 heteroatoms. The van der Waals surface area contributed by atoms with Gasteiger partial charge in [-0.1, -0.05) is 0 Å². The van der Waals surface area contributed by atoms with Crippen molar-refractivity contribution in [2.75, 3.05) is 30.2 Å². The quantitative estimate of drug-likeness (QED) is 0.552. The summed E-state index contributed by atoms with van der Waals surface area (Å²) in [7, 11) is 3.21. The Balaban J connectivity index is 1.79. The number of hydrogen-bond acceptors (Lipinski definition) is 7. The number of aryl methyl sites for hydroxylation is 1. The van der Waals surface area contributed by atoms with Gasteiger partial charge < -0.3 is 25.4 Å². The van der Waals surface area contributed by atoms with Crippen LogP contribution in [0.2, 0.25) is 0 Å². The summed E-state index contributed by atoms with van der Waals surface area (Å²) in [5, 5.41) is 9.23. The number of carbonyl (C=O) groups excluding carboxylic acids is 1. The molecule has 150 valence electrons. The SMILES string of the molecule is COc1ccc(Nc2cc(Nc3ccc(NC(C)=O)cc3)nc(C)n2)c(OC)c1. The predicted molar refractivity (Wildman–Crippen MR) is 114 cm³/mol. The van der Waals surface area contributed by atoms with Gasteiger partial charge in [-0.3, -0.25) is 4.79 Å². The molecule has 8 nitrogen and oxygen atoms in total. The molecule has 1 amide bonds. The third-order valence-electron chi connectivity index (χ3n) is 3.99. The molecule has 0 aliphatic rings. The second-order valence-corrected chi connectivity index (χ2v) is 6.26. The van der Waals surface area contributed by atoms with Gasteiger partial charge in [-0.25, -0.2) is 9.97 Å². The molecule has 0 fully saturated rings. The molecule has 1 heterocycles. The second kappa shape index (κ2) is 8.92. The highest BCUT2D eigenvalue weighted by molar-refractivity contribution is 5.88. The highest BCUT2D eigenvalue weighted by Gasteiger charge is 2.08. The van der Waals surface area contributed by atoms with E-state index < -0.39 is 0 Å². The maximum Gasteiger partial charge on any atom is 0.221 e. The Labute approximate surface area is 169 Å². The van der Waals surface area contributed by atoms with Crippen LogP contribution in [0.1, 0.15) is 12.7 Å². The van der Waals surface area contributed by atoms with Crippen LogP contribution in [0.4, 0.5) is 28.7 Å². The van der Waals surface area contributed by atoms with Crippen LogP contribution in [0.15, 0.2) is 48.5 Å². The summed E-state index contributed by atoms with van der Waals surface area (Å²) in [6.45, 7) is 3.30. The molecular formula is C21H23N5O3. The van der Waals surface area contributed by atoms with E-state index in [-0.39, 0.29) is 5.91 Å². The molecule has 0 saturated heterocycles. The van der Waals surface area contributed by atoms with Crippen molar-refractivity contribution in [1.29, 1.82) is 0 Å². The van der Waals surface area contributed by atoms with Gasteiger partial charge in [0.15, 0.2) is 0 Å². The number of amides is 1. The Kier molecular flexibility index (Phi) is 6.13. The first-order valence-corrected chi connectivity index (χ1v) is 8.96. The van der Waals surface area contributed by atoms with Gasteiger partial charge in [0, 0.05) is 30.4 Å². The molecule has 0 bridgehead atoms. The van der Waals surface area contributed by atoms with Crippen molar-refractivity contribution in [2.24, 2.45) is 0 Å². The average molecular weight is 393 g/mol. The fourth-order valence-electron chi connectivity index (χ4n) is 2.72. The van der Waals surface area contributed by atoms with E-state index in [1.807, 2.05) is 43.3 Å². The maximum atomic E-state index is 11.1. The summed E-state index contributed by atoms with van der Waals surface area (Å²) < 4.78 is 10.7. The third kappa shape index (κ3) is 5.35. The highest BCUT2D eigenvalue weighted by atomic mass is 16.5. The molecule has 0 spiro atoms. The minimum absolute atomic E-state index is 0.109. The molecule has 2 aromatic carbocycles. The van der Waals surface area contributed by atoms with Crippen LogP contribution in [0.25, 0.3) is 0 Å². The normalized spacial score (nSPS) is 10.2. The van der Waals surface area contributed by atoms with E-state index in [4.69, 9.17) is 9.47 Å². The fraction of sp³-hybridized carbons (Fsp3) is 0.190. The van der Waals surface area contributed by atoms with Crippen molar-refractivity contribution in [1.82, 2.24) is 9.97 Å². The monoisotopic (exact) mass is 393 g/mol. The number of carbonyl (C=O) groups is 1. The van der Waals surface area contributed by atoms with Gasteiger partial charge in [0.1, 0.15) is 29.0 Å². The summed E-state index contributed by atoms with van der Waals surface area (Å²) in [6.07, 6.45) is 0. The van der Waals surface area contributed by atoms with Gasteiger partial charge in [0.2, 0.25) is 5.91 Å². The van der Waals surface area contributed by atoms with Gasteiger partial charge in [-0.05, 0) is 43.3 Å². The molecule has 3 rings (SSSR count). The molecular weight excluding hydrogens is 370 g/mol. The molecule has 0 aliphatic carbocycles. The molecule has 0 aliphatic heterocycles. The van der Waals surface area contributed by atoms with Crippen molar-refractivity contribution >= 4 is 34.6 Å². The van der Waals surface area contributed by atoms with Gasteiger partial charge in [-0.15, -0.1) is 0 Å². The lowest BCUT2D eigenvalue weighted by Gasteiger charge is -2.14. The minimum Gasteiger partial charge on any atom is -0.497 e. The lowest BCUT2D eigenvalue weighted by atomic mass is 10.2. The Morgan fingerprint density at radius 3 is 2.14 bits per heavy atom. The molecule has 1 aromatic heterocycles. The molecule has 0 radical (unpaired) electrons. The number of anilines is 5. The minimum atomic E-state index is -0.109. The Morgan fingerprint density at radius 2 is 1.52 bits per heavy atom. The van der Waals surface area contributed by atoms with Crippen LogP contribution in [0.5, 0.6) is 11.5 Å². The van der Waals surface area contributed by atoms with Crippen LogP contribution < -0.4 is 25.4 Å². The molecule has 0 unspecified atom stereocenters. The van der Waals surface area contributed by atoms with Crippen LogP contribution in [0, 0.1) is 6.92 Å². The van der Waals surface area contributed by atoms with Crippen molar-refractivity contribution < 1.29 is 14.3 Å². The van der Waals surface area contributed by atoms with E-state index >= 15 is 0 Å². The van der Waals surface area contributed by atoms with Crippen molar-refractivity contribution in [2.45, 2.75) is 13.8 Å². The van der Waals surface area contributed by atoms with Gasteiger partial charge in [0.25, 0.3) is 0 Å². The molecule has 0 saturated carbocycles. The van der Waals surface area contributed by atoms with E-state index in [0.717, 1.165) is 17.1 Å². The zero-order chi connectivity index (χ0) is 20.8. The Bertz CT molecular complexity index is 1010. The molecule has 0 atom stereocenters. The van der Waals surface area contributed by atoms with E-state index in [2.05, 4.69) is 25.9 Å². The van der Waals surface area contributed by atoms with Gasteiger partial charge in [-0.2, -0.15) is 0 Å². The largest absolute Gasteiger partial charge is 0.497 e. The summed E-state index contributed by atoms with van der Waals surface area (Å²) in [6, 6.07) is 14.7. The lowest BCUT2D eigenvalue weighted by Crippen LogP contribution is -2.05. The zero-order valence-electron chi connectivity index (χ0n) is 16.7.